The highest BCUT2D eigenvalue weighted by Gasteiger charge is 2.06. The van der Waals surface area contributed by atoms with Gasteiger partial charge in [-0.2, -0.15) is 0 Å². The maximum Gasteiger partial charge on any atom is 0.303 e. The Bertz CT molecular complexity index is 426. The van der Waals surface area contributed by atoms with Gasteiger partial charge in [0, 0.05) is 17.4 Å². The predicted molar refractivity (Wildman–Crippen MR) is 76.5 cm³/mol. The minimum absolute atomic E-state index is 0.227. The van der Waals surface area contributed by atoms with E-state index in [1.54, 1.807) is 6.07 Å². The summed E-state index contributed by atoms with van der Waals surface area (Å²) in [6.07, 6.45) is 1.87. The predicted octanol–water partition coefficient (Wildman–Crippen LogP) is 3.57. The van der Waals surface area contributed by atoms with Crippen molar-refractivity contribution >= 4 is 21.9 Å². The summed E-state index contributed by atoms with van der Waals surface area (Å²) < 4.78 is 13.7. The Balaban J connectivity index is 2.21. The molecule has 0 radical (unpaired) electrons. The van der Waals surface area contributed by atoms with Gasteiger partial charge in [-0.05, 0) is 43.0 Å². The lowest BCUT2D eigenvalue weighted by atomic mass is 10.0. The summed E-state index contributed by atoms with van der Waals surface area (Å²) in [4.78, 5) is 10.4. The second-order valence-corrected chi connectivity index (χ2v) is 5.59. The third-order valence-corrected chi connectivity index (χ3v) is 3.73. The minimum Gasteiger partial charge on any atom is -0.481 e. The molecule has 106 valence electrons. The zero-order valence-electron chi connectivity index (χ0n) is 11.0. The van der Waals surface area contributed by atoms with E-state index < -0.39 is 5.97 Å². The van der Waals surface area contributed by atoms with Gasteiger partial charge in [-0.3, -0.25) is 4.79 Å². The number of rotatable bonds is 8. The summed E-state index contributed by atoms with van der Waals surface area (Å²) in [6.45, 7) is 3.55. The van der Waals surface area contributed by atoms with Crippen LogP contribution < -0.4 is 5.32 Å². The standard InChI is InChI=1S/C14H19BrFNO2/c1-10(2-5-14(18)19)6-7-17-9-11-3-4-12(16)8-13(11)15/h3-4,8,10,17H,2,5-7,9H2,1H3,(H,18,19). The third-order valence-electron chi connectivity index (χ3n) is 3.00. The maximum atomic E-state index is 12.9. The normalized spacial score (nSPS) is 12.4. The molecule has 0 bridgehead atoms. The number of nitrogens with one attached hydrogen (secondary N) is 1. The first-order valence-electron chi connectivity index (χ1n) is 6.35. The monoisotopic (exact) mass is 331 g/mol. The molecule has 0 heterocycles. The molecular weight excluding hydrogens is 313 g/mol. The molecule has 0 fully saturated rings. The Morgan fingerprint density at radius 2 is 2.21 bits per heavy atom. The molecule has 0 aliphatic heterocycles. The topological polar surface area (TPSA) is 49.3 Å². The molecule has 0 aliphatic carbocycles. The van der Waals surface area contributed by atoms with E-state index in [1.807, 2.05) is 0 Å². The number of halogens is 2. The Hall–Kier alpha value is -0.940. The van der Waals surface area contributed by atoms with Crippen LogP contribution in [0.2, 0.25) is 0 Å². The van der Waals surface area contributed by atoms with Crippen molar-refractivity contribution in [1.82, 2.24) is 5.32 Å². The smallest absolute Gasteiger partial charge is 0.303 e. The van der Waals surface area contributed by atoms with E-state index in [1.165, 1.54) is 12.1 Å². The zero-order valence-corrected chi connectivity index (χ0v) is 12.5. The van der Waals surface area contributed by atoms with Crippen LogP contribution in [0.25, 0.3) is 0 Å². The van der Waals surface area contributed by atoms with Crippen molar-refractivity contribution in [3.8, 4) is 0 Å². The number of aliphatic carboxylic acids is 1. The van der Waals surface area contributed by atoms with Crippen molar-refractivity contribution < 1.29 is 14.3 Å². The van der Waals surface area contributed by atoms with Crippen LogP contribution in [0.15, 0.2) is 22.7 Å². The lowest BCUT2D eigenvalue weighted by Crippen LogP contribution is -2.17. The minimum atomic E-state index is -0.741. The summed E-state index contributed by atoms with van der Waals surface area (Å²) in [5.41, 5.74) is 1.01. The van der Waals surface area contributed by atoms with Crippen molar-refractivity contribution in [1.29, 1.82) is 0 Å². The molecule has 0 aromatic heterocycles. The molecule has 3 nitrogen and oxygen atoms in total. The largest absolute Gasteiger partial charge is 0.481 e. The fourth-order valence-corrected chi connectivity index (χ4v) is 2.24. The van der Waals surface area contributed by atoms with Crippen LogP contribution >= 0.6 is 15.9 Å². The summed E-state index contributed by atoms with van der Waals surface area (Å²) in [6, 6.07) is 4.64. The van der Waals surface area contributed by atoms with Crippen LogP contribution in [0.4, 0.5) is 4.39 Å². The molecule has 1 unspecified atom stereocenters. The molecule has 0 saturated carbocycles. The van der Waals surface area contributed by atoms with Crippen molar-refractivity contribution in [2.75, 3.05) is 6.54 Å². The first kappa shape index (κ1) is 16.1. The molecular formula is C14H19BrFNO2. The van der Waals surface area contributed by atoms with E-state index in [0.717, 1.165) is 23.0 Å². The highest BCUT2D eigenvalue weighted by molar-refractivity contribution is 9.10. The van der Waals surface area contributed by atoms with Gasteiger partial charge in [-0.15, -0.1) is 0 Å². The quantitative estimate of drug-likeness (QED) is 0.716. The van der Waals surface area contributed by atoms with Crippen molar-refractivity contribution in [2.24, 2.45) is 5.92 Å². The van der Waals surface area contributed by atoms with Gasteiger partial charge >= 0.3 is 5.97 Å². The summed E-state index contributed by atoms with van der Waals surface area (Å²) in [7, 11) is 0. The van der Waals surface area contributed by atoms with Gasteiger partial charge in [0.2, 0.25) is 0 Å². The SMILES string of the molecule is CC(CCNCc1ccc(F)cc1Br)CCC(=O)O. The van der Waals surface area contributed by atoms with Gasteiger partial charge in [0.25, 0.3) is 0 Å². The molecule has 2 N–H and O–H groups in total. The van der Waals surface area contributed by atoms with Crippen molar-refractivity contribution in [3.05, 3.63) is 34.1 Å². The summed E-state index contributed by atoms with van der Waals surface area (Å²) >= 11 is 3.32. The van der Waals surface area contributed by atoms with Crippen LogP contribution in [0.3, 0.4) is 0 Å². The molecule has 1 rings (SSSR count). The Labute approximate surface area is 121 Å². The molecule has 0 saturated heterocycles. The molecule has 0 amide bonds. The van der Waals surface area contributed by atoms with Crippen molar-refractivity contribution in [3.63, 3.8) is 0 Å². The lowest BCUT2D eigenvalue weighted by molar-refractivity contribution is -0.137. The molecule has 1 aromatic carbocycles. The van der Waals surface area contributed by atoms with E-state index in [2.05, 4.69) is 28.2 Å². The van der Waals surface area contributed by atoms with Crippen molar-refractivity contribution in [2.45, 2.75) is 32.7 Å². The van der Waals surface area contributed by atoms with Crippen LogP contribution in [0.5, 0.6) is 0 Å². The van der Waals surface area contributed by atoms with Gasteiger partial charge in [0.1, 0.15) is 5.82 Å². The van der Waals surface area contributed by atoms with E-state index >= 15 is 0 Å². The highest BCUT2D eigenvalue weighted by Crippen LogP contribution is 2.17. The van der Waals surface area contributed by atoms with Crippen LogP contribution in [-0.2, 0) is 11.3 Å². The second-order valence-electron chi connectivity index (χ2n) is 4.74. The number of carbonyl (C=O) groups is 1. The first-order chi connectivity index (χ1) is 8.99. The molecule has 1 aromatic rings. The number of hydrogen-bond acceptors (Lipinski definition) is 2. The van der Waals surface area contributed by atoms with Gasteiger partial charge in [-0.25, -0.2) is 4.39 Å². The molecule has 1 atom stereocenters. The summed E-state index contributed by atoms with van der Waals surface area (Å²) in [5.74, 6) is -0.603. The first-order valence-corrected chi connectivity index (χ1v) is 7.14. The van der Waals surface area contributed by atoms with Gasteiger partial charge in [0.05, 0.1) is 0 Å². The highest BCUT2D eigenvalue weighted by atomic mass is 79.9. The Morgan fingerprint density at radius 1 is 1.47 bits per heavy atom. The van der Waals surface area contributed by atoms with E-state index in [0.29, 0.717) is 18.9 Å². The van der Waals surface area contributed by atoms with E-state index in [9.17, 15) is 9.18 Å². The summed E-state index contributed by atoms with van der Waals surface area (Å²) in [5, 5.41) is 11.9. The fourth-order valence-electron chi connectivity index (χ4n) is 1.75. The van der Waals surface area contributed by atoms with Gasteiger partial charge in [0.15, 0.2) is 0 Å². The molecule has 0 spiro atoms. The second kappa shape index (κ2) is 8.27. The molecule has 19 heavy (non-hydrogen) atoms. The number of benzene rings is 1. The van der Waals surface area contributed by atoms with E-state index in [4.69, 9.17) is 5.11 Å². The number of hydrogen-bond donors (Lipinski definition) is 2. The van der Waals surface area contributed by atoms with Gasteiger partial charge in [-0.1, -0.05) is 28.9 Å². The number of carboxylic acid groups (broad SMARTS) is 1. The Kier molecular flexibility index (Phi) is 7.02. The Morgan fingerprint density at radius 3 is 2.84 bits per heavy atom. The fraction of sp³-hybridized carbons (Fsp3) is 0.500. The lowest BCUT2D eigenvalue weighted by Gasteiger charge is -2.11. The number of carboxylic acids is 1. The van der Waals surface area contributed by atoms with Gasteiger partial charge < -0.3 is 10.4 Å². The molecule has 5 heteroatoms. The maximum absolute atomic E-state index is 12.9. The van der Waals surface area contributed by atoms with Crippen LogP contribution in [0, 0.1) is 11.7 Å². The zero-order chi connectivity index (χ0) is 14.3. The van der Waals surface area contributed by atoms with Crippen LogP contribution in [-0.4, -0.2) is 17.6 Å². The average molecular weight is 332 g/mol. The third kappa shape index (κ3) is 6.68. The van der Waals surface area contributed by atoms with Crippen LogP contribution in [0.1, 0.15) is 31.7 Å². The molecule has 0 aliphatic rings. The average Bonchev–Trinajstić information content (AvgIpc) is 2.34. The van der Waals surface area contributed by atoms with E-state index in [-0.39, 0.29) is 12.2 Å².